The van der Waals surface area contributed by atoms with E-state index in [1.54, 1.807) is 6.08 Å². The van der Waals surface area contributed by atoms with E-state index in [0.717, 1.165) is 31.2 Å². The van der Waals surface area contributed by atoms with Crippen molar-refractivity contribution in [3.8, 4) is 5.75 Å². The fraction of sp³-hybridized carbons (Fsp3) is 0.214. The van der Waals surface area contributed by atoms with E-state index in [-0.39, 0.29) is 4.32 Å². The molecule has 0 bridgehead atoms. The molecule has 0 aromatic heterocycles. The first-order chi connectivity index (χ1) is 10.8. The molecule has 122 valence electrons. The lowest BCUT2D eigenvalue weighted by molar-refractivity contribution is -0.140. The van der Waals surface area contributed by atoms with Crippen LogP contribution in [0.4, 0.5) is 0 Å². The second-order valence-corrected chi connectivity index (χ2v) is 7.79. The van der Waals surface area contributed by atoms with Gasteiger partial charge in [0.1, 0.15) is 16.6 Å². The van der Waals surface area contributed by atoms with Crippen molar-refractivity contribution in [3.63, 3.8) is 0 Å². The number of carboxylic acid groups (broad SMARTS) is 1. The summed E-state index contributed by atoms with van der Waals surface area (Å²) in [6, 6.07) is 3.64. The Balaban J connectivity index is 2.31. The highest BCUT2D eigenvalue weighted by atomic mass is 79.9. The highest BCUT2D eigenvalue weighted by Crippen LogP contribution is 2.37. The van der Waals surface area contributed by atoms with Gasteiger partial charge in [0, 0.05) is 0 Å². The summed E-state index contributed by atoms with van der Waals surface area (Å²) in [4.78, 5) is 24.5. The van der Waals surface area contributed by atoms with Crippen LogP contribution in [0, 0.1) is 0 Å². The molecule has 1 aliphatic rings. The molecule has 0 aliphatic carbocycles. The lowest BCUT2D eigenvalue weighted by Gasteiger charge is -2.10. The van der Waals surface area contributed by atoms with Gasteiger partial charge in [-0.2, -0.15) is 0 Å². The third-order valence-electron chi connectivity index (χ3n) is 2.77. The molecule has 1 aromatic rings. The van der Waals surface area contributed by atoms with Crippen LogP contribution in [0.5, 0.6) is 5.75 Å². The van der Waals surface area contributed by atoms with E-state index < -0.39 is 18.4 Å². The predicted molar refractivity (Wildman–Crippen MR) is 101 cm³/mol. The maximum atomic E-state index is 12.2. The van der Waals surface area contributed by atoms with E-state index in [2.05, 4.69) is 31.9 Å². The summed E-state index contributed by atoms with van der Waals surface area (Å²) in [6.45, 7) is 1.99. The molecule has 23 heavy (non-hydrogen) atoms. The van der Waals surface area contributed by atoms with Gasteiger partial charge in [-0.3, -0.25) is 14.5 Å². The molecule has 0 saturated carbocycles. The van der Waals surface area contributed by atoms with Crippen LogP contribution in [0.15, 0.2) is 26.0 Å². The molecule has 9 heteroatoms. The van der Waals surface area contributed by atoms with Crippen molar-refractivity contribution in [1.29, 1.82) is 0 Å². The van der Waals surface area contributed by atoms with Crippen LogP contribution < -0.4 is 4.74 Å². The summed E-state index contributed by atoms with van der Waals surface area (Å²) in [7, 11) is 0. The number of benzene rings is 1. The first-order valence-electron chi connectivity index (χ1n) is 6.42. The van der Waals surface area contributed by atoms with Crippen molar-refractivity contribution in [2.24, 2.45) is 0 Å². The zero-order chi connectivity index (χ0) is 17.1. The number of thiocarbonyl (C=S) groups is 1. The molecule has 1 amide bonds. The Morgan fingerprint density at radius 1 is 1.43 bits per heavy atom. The Morgan fingerprint density at radius 2 is 2.04 bits per heavy atom. The van der Waals surface area contributed by atoms with Gasteiger partial charge in [-0.05, 0) is 62.6 Å². The van der Waals surface area contributed by atoms with Gasteiger partial charge < -0.3 is 9.84 Å². The zero-order valence-electron chi connectivity index (χ0n) is 11.8. The van der Waals surface area contributed by atoms with Gasteiger partial charge in [0.25, 0.3) is 5.91 Å². The van der Waals surface area contributed by atoms with E-state index in [1.807, 2.05) is 19.1 Å². The van der Waals surface area contributed by atoms with Gasteiger partial charge in [0.2, 0.25) is 0 Å². The molecule has 1 fully saturated rings. The van der Waals surface area contributed by atoms with Crippen LogP contribution in [-0.4, -0.2) is 39.4 Å². The predicted octanol–water partition coefficient (Wildman–Crippen LogP) is 3.90. The van der Waals surface area contributed by atoms with Gasteiger partial charge in [-0.1, -0.05) is 24.0 Å². The number of carbonyl (C=O) groups is 2. The van der Waals surface area contributed by atoms with Crippen LogP contribution in [0.2, 0.25) is 0 Å². The minimum Gasteiger partial charge on any atom is -0.492 e. The molecule has 0 unspecified atom stereocenters. The first-order valence-corrected chi connectivity index (χ1v) is 9.23. The monoisotopic (exact) mass is 479 g/mol. The minimum absolute atomic E-state index is 0.243. The lowest BCUT2D eigenvalue weighted by atomic mass is 10.2. The molecule has 0 atom stereocenters. The normalized spacial score (nSPS) is 16.3. The Labute approximate surface area is 159 Å². The quantitative estimate of drug-likeness (QED) is 0.509. The Hall–Kier alpha value is -0.900. The average Bonchev–Trinajstić information content (AvgIpc) is 2.70. The summed E-state index contributed by atoms with van der Waals surface area (Å²) < 4.78 is 7.26. The van der Waals surface area contributed by atoms with Crippen molar-refractivity contribution in [2.45, 2.75) is 6.92 Å². The van der Waals surface area contributed by atoms with Gasteiger partial charge in [0.15, 0.2) is 0 Å². The first kappa shape index (κ1) is 18.4. The topological polar surface area (TPSA) is 66.8 Å². The number of thioether (sulfide) groups is 1. The Bertz CT molecular complexity index is 698. The van der Waals surface area contributed by atoms with Gasteiger partial charge in [-0.25, -0.2) is 0 Å². The van der Waals surface area contributed by atoms with E-state index in [1.165, 1.54) is 0 Å². The summed E-state index contributed by atoms with van der Waals surface area (Å²) >= 11 is 13.0. The van der Waals surface area contributed by atoms with E-state index in [9.17, 15) is 9.59 Å². The van der Waals surface area contributed by atoms with Crippen LogP contribution in [-0.2, 0) is 9.59 Å². The van der Waals surface area contributed by atoms with Gasteiger partial charge in [-0.15, -0.1) is 0 Å². The average molecular weight is 481 g/mol. The standard InChI is InChI=1S/C14H11Br2NO4S2/c1-2-21-12-8(15)3-7(4-9(12)16)5-10-13(20)17(6-11(18)19)14(22)23-10/h3-5H,2,6H2,1H3,(H,18,19)/b10-5-. The molecule has 5 nitrogen and oxygen atoms in total. The fourth-order valence-corrected chi connectivity index (χ4v) is 4.57. The van der Waals surface area contributed by atoms with Gasteiger partial charge in [0.05, 0.1) is 20.5 Å². The maximum Gasteiger partial charge on any atom is 0.323 e. The van der Waals surface area contributed by atoms with Crippen LogP contribution >= 0.6 is 55.8 Å². The molecule has 1 aromatic carbocycles. The molecule has 0 radical (unpaired) electrons. The van der Waals surface area contributed by atoms with E-state index in [0.29, 0.717) is 17.3 Å². The molecular formula is C14H11Br2NO4S2. The Kier molecular flexibility index (Phi) is 6.24. The smallest absolute Gasteiger partial charge is 0.323 e. The molecule has 1 aliphatic heterocycles. The fourth-order valence-electron chi connectivity index (χ4n) is 1.87. The molecule has 1 N–H and O–H groups in total. The molecule has 1 heterocycles. The molecule has 0 spiro atoms. The summed E-state index contributed by atoms with van der Waals surface area (Å²) in [5.74, 6) is -0.819. The number of hydrogen-bond acceptors (Lipinski definition) is 5. The maximum absolute atomic E-state index is 12.2. The Morgan fingerprint density at radius 3 is 2.57 bits per heavy atom. The number of amides is 1. The van der Waals surface area contributed by atoms with E-state index >= 15 is 0 Å². The second-order valence-electron chi connectivity index (χ2n) is 4.41. The highest BCUT2D eigenvalue weighted by Gasteiger charge is 2.33. The second kappa shape index (κ2) is 7.78. The van der Waals surface area contributed by atoms with Crippen LogP contribution in [0.25, 0.3) is 6.08 Å². The third kappa shape index (κ3) is 4.34. The van der Waals surface area contributed by atoms with E-state index in [4.69, 9.17) is 22.1 Å². The van der Waals surface area contributed by atoms with Crippen molar-refractivity contribution < 1.29 is 19.4 Å². The van der Waals surface area contributed by atoms with Crippen LogP contribution in [0.3, 0.4) is 0 Å². The number of hydrogen-bond donors (Lipinski definition) is 1. The summed E-state index contributed by atoms with van der Waals surface area (Å²) in [5, 5.41) is 8.83. The van der Waals surface area contributed by atoms with Gasteiger partial charge >= 0.3 is 5.97 Å². The number of aliphatic carboxylic acids is 1. The number of rotatable bonds is 5. The SMILES string of the molecule is CCOc1c(Br)cc(/C=C2\SC(=S)N(CC(=O)O)C2=O)cc1Br. The zero-order valence-corrected chi connectivity index (χ0v) is 16.6. The van der Waals surface area contributed by atoms with Crippen molar-refractivity contribution in [3.05, 3.63) is 31.5 Å². The van der Waals surface area contributed by atoms with Crippen molar-refractivity contribution in [2.75, 3.05) is 13.2 Å². The largest absolute Gasteiger partial charge is 0.492 e. The lowest BCUT2D eigenvalue weighted by Crippen LogP contribution is -2.33. The minimum atomic E-state index is -1.10. The highest BCUT2D eigenvalue weighted by molar-refractivity contribution is 9.11. The number of nitrogens with zero attached hydrogens (tertiary/aromatic N) is 1. The molecular weight excluding hydrogens is 470 g/mol. The molecule has 1 saturated heterocycles. The third-order valence-corrected chi connectivity index (χ3v) is 5.33. The summed E-state index contributed by atoms with van der Waals surface area (Å²) in [6.07, 6.45) is 1.67. The number of carbonyl (C=O) groups excluding carboxylic acids is 1. The molecule has 2 rings (SSSR count). The van der Waals surface area contributed by atoms with Crippen molar-refractivity contribution in [1.82, 2.24) is 4.90 Å². The number of carboxylic acids is 1. The van der Waals surface area contributed by atoms with Crippen molar-refractivity contribution >= 4 is 78.1 Å². The number of ether oxygens (including phenoxy) is 1. The van der Waals surface area contributed by atoms with Crippen LogP contribution in [0.1, 0.15) is 12.5 Å². The summed E-state index contributed by atoms with van der Waals surface area (Å²) in [5.41, 5.74) is 0.767. The number of halogens is 2.